The van der Waals surface area contributed by atoms with E-state index in [0.717, 1.165) is 15.8 Å². The molecule has 2 aromatic heterocycles. The molecular weight excluding hydrogens is 409 g/mol. The van der Waals surface area contributed by atoms with E-state index in [1.165, 1.54) is 23.4 Å². The van der Waals surface area contributed by atoms with Crippen LogP contribution in [-0.4, -0.2) is 42.2 Å². The Morgan fingerprint density at radius 1 is 1.13 bits per heavy atom. The van der Waals surface area contributed by atoms with Gasteiger partial charge in [0.2, 0.25) is 11.7 Å². The van der Waals surface area contributed by atoms with Crippen LogP contribution in [0.25, 0.3) is 16.7 Å². The average molecular weight is 428 g/mol. The Labute approximate surface area is 175 Å². The third-order valence-corrected chi connectivity index (χ3v) is 5.23. The minimum Gasteiger partial charge on any atom is -0.337 e. The highest BCUT2D eigenvalue weighted by Crippen LogP contribution is 2.32. The number of carbonyl (C=O) groups is 1. The Balaban J connectivity index is 1.56. The predicted octanol–water partition coefficient (Wildman–Crippen LogP) is 3.86. The first-order chi connectivity index (χ1) is 14.8. The highest BCUT2D eigenvalue weighted by atomic mass is 19.4. The van der Waals surface area contributed by atoms with Crippen LogP contribution in [0, 0.1) is 0 Å². The van der Waals surface area contributed by atoms with Gasteiger partial charge >= 0.3 is 6.18 Å². The Morgan fingerprint density at radius 2 is 1.84 bits per heavy atom. The minimum atomic E-state index is -4.67. The molecule has 1 amide bonds. The molecule has 0 bridgehead atoms. The first-order valence-corrected chi connectivity index (χ1v) is 9.49. The van der Waals surface area contributed by atoms with Gasteiger partial charge in [-0.15, -0.1) is 0 Å². The number of amides is 1. The van der Waals surface area contributed by atoms with Crippen molar-refractivity contribution in [3.05, 3.63) is 72.6 Å². The summed E-state index contributed by atoms with van der Waals surface area (Å²) in [5.74, 6) is -1.54. The molecule has 7 nitrogen and oxygen atoms in total. The molecular formula is C21H19F3N6O. The van der Waals surface area contributed by atoms with E-state index in [1.807, 2.05) is 31.2 Å². The van der Waals surface area contributed by atoms with Gasteiger partial charge in [-0.1, -0.05) is 24.3 Å². The lowest BCUT2D eigenvalue weighted by molar-refractivity contribution is -0.148. The molecule has 0 fully saturated rings. The molecule has 31 heavy (non-hydrogen) atoms. The zero-order chi connectivity index (χ0) is 22.2. The van der Waals surface area contributed by atoms with Gasteiger partial charge in [-0.25, -0.2) is 14.6 Å². The number of fused-ring (bicyclic) bond motifs is 1. The van der Waals surface area contributed by atoms with Crippen molar-refractivity contribution < 1.29 is 18.0 Å². The summed E-state index contributed by atoms with van der Waals surface area (Å²) in [5, 5.41) is 4.06. The number of carbonyl (C=O) groups excluding carboxylic acids is 1. The molecule has 0 aliphatic carbocycles. The summed E-state index contributed by atoms with van der Waals surface area (Å²) in [7, 11) is 1.57. The fourth-order valence-electron chi connectivity index (χ4n) is 3.39. The third-order valence-electron chi connectivity index (χ3n) is 5.23. The van der Waals surface area contributed by atoms with Crippen LogP contribution < -0.4 is 0 Å². The zero-order valence-electron chi connectivity index (χ0n) is 16.8. The van der Waals surface area contributed by atoms with Gasteiger partial charge in [0.05, 0.1) is 22.8 Å². The number of imidazole rings is 1. The van der Waals surface area contributed by atoms with E-state index in [4.69, 9.17) is 0 Å². The van der Waals surface area contributed by atoms with E-state index in [2.05, 4.69) is 15.1 Å². The second-order valence-corrected chi connectivity index (χ2v) is 7.12. The van der Waals surface area contributed by atoms with Gasteiger partial charge in [0.25, 0.3) is 0 Å². The van der Waals surface area contributed by atoms with Crippen LogP contribution in [0.15, 0.2) is 61.2 Å². The molecule has 0 saturated carbocycles. The van der Waals surface area contributed by atoms with Crippen molar-refractivity contribution in [1.29, 1.82) is 0 Å². The molecule has 0 saturated heterocycles. The predicted molar refractivity (Wildman–Crippen MR) is 107 cm³/mol. The summed E-state index contributed by atoms with van der Waals surface area (Å²) >= 11 is 0. The Morgan fingerprint density at radius 3 is 2.48 bits per heavy atom. The van der Waals surface area contributed by atoms with Crippen molar-refractivity contribution in [2.45, 2.75) is 25.7 Å². The summed E-state index contributed by atoms with van der Waals surface area (Å²) in [6, 6.07) is 13.3. The Kier molecular flexibility index (Phi) is 5.22. The van der Waals surface area contributed by atoms with E-state index < -0.39 is 24.5 Å². The normalized spacial score (nSPS) is 12.8. The van der Waals surface area contributed by atoms with Crippen LogP contribution in [0.4, 0.5) is 13.2 Å². The van der Waals surface area contributed by atoms with Crippen molar-refractivity contribution in [2.75, 3.05) is 7.05 Å². The Bertz CT molecular complexity index is 1200. The van der Waals surface area contributed by atoms with Gasteiger partial charge in [0, 0.05) is 7.05 Å². The fraction of sp³-hybridized carbons (Fsp3) is 0.238. The number of aromatic nitrogens is 5. The first kappa shape index (κ1) is 20.6. The first-order valence-electron chi connectivity index (χ1n) is 9.49. The molecule has 0 aliphatic heterocycles. The summed E-state index contributed by atoms with van der Waals surface area (Å²) in [6.45, 7) is 1.35. The number of hydrogen-bond donors (Lipinski definition) is 0. The molecule has 2 heterocycles. The molecule has 0 spiro atoms. The molecule has 0 aliphatic rings. The monoisotopic (exact) mass is 428 g/mol. The number of benzene rings is 2. The van der Waals surface area contributed by atoms with E-state index in [-0.39, 0.29) is 17.1 Å². The zero-order valence-corrected chi connectivity index (χ0v) is 16.8. The molecule has 4 rings (SSSR count). The quantitative estimate of drug-likeness (QED) is 0.484. The number of hydrogen-bond acceptors (Lipinski definition) is 4. The van der Waals surface area contributed by atoms with Crippen molar-refractivity contribution in [2.24, 2.45) is 0 Å². The Hall–Kier alpha value is -3.69. The number of para-hydroxylation sites is 2. The van der Waals surface area contributed by atoms with Gasteiger partial charge in [-0.2, -0.15) is 18.3 Å². The molecule has 2 aromatic carbocycles. The highest BCUT2D eigenvalue weighted by Gasteiger charge is 2.38. The molecule has 0 radical (unpaired) electrons. The summed E-state index contributed by atoms with van der Waals surface area (Å²) in [6.07, 6.45) is -1.67. The topological polar surface area (TPSA) is 68.8 Å². The van der Waals surface area contributed by atoms with Crippen LogP contribution in [-0.2, 0) is 17.5 Å². The SMILES string of the molecule is CC(c1ccc(-n2cncn2)cc1)N(C)C(=O)Cn1c(C(F)(F)F)nc2ccccc21. The van der Waals surface area contributed by atoms with Crippen LogP contribution in [0.2, 0.25) is 0 Å². The third kappa shape index (κ3) is 4.00. The maximum atomic E-state index is 13.5. The van der Waals surface area contributed by atoms with Gasteiger partial charge in [0.1, 0.15) is 19.2 Å². The fourth-order valence-corrected chi connectivity index (χ4v) is 3.39. The molecule has 160 valence electrons. The van der Waals surface area contributed by atoms with Gasteiger partial charge in [-0.3, -0.25) is 4.79 Å². The molecule has 1 atom stereocenters. The highest BCUT2D eigenvalue weighted by molar-refractivity contribution is 5.81. The second kappa shape index (κ2) is 7.86. The molecule has 1 unspecified atom stereocenters. The molecule has 10 heteroatoms. The molecule has 4 aromatic rings. The lowest BCUT2D eigenvalue weighted by atomic mass is 10.1. The van der Waals surface area contributed by atoms with Crippen LogP contribution in [0.5, 0.6) is 0 Å². The van der Waals surface area contributed by atoms with Crippen molar-refractivity contribution in [3.8, 4) is 5.69 Å². The number of rotatable bonds is 5. The van der Waals surface area contributed by atoms with Crippen LogP contribution in [0.1, 0.15) is 24.4 Å². The summed E-state index contributed by atoms with van der Waals surface area (Å²) < 4.78 is 43.0. The minimum absolute atomic E-state index is 0.196. The second-order valence-electron chi connectivity index (χ2n) is 7.12. The van der Waals surface area contributed by atoms with Gasteiger partial charge < -0.3 is 9.47 Å². The standard InChI is InChI=1S/C21H19F3N6O/c1-14(15-7-9-16(10-8-15)30-13-25-12-26-30)28(2)19(31)11-29-18-6-4-3-5-17(18)27-20(29)21(22,23)24/h3-10,12-14H,11H2,1-2H3. The maximum Gasteiger partial charge on any atom is 0.449 e. The smallest absolute Gasteiger partial charge is 0.337 e. The van der Waals surface area contributed by atoms with Crippen molar-refractivity contribution >= 4 is 16.9 Å². The van der Waals surface area contributed by atoms with E-state index in [9.17, 15) is 18.0 Å². The van der Waals surface area contributed by atoms with Crippen molar-refractivity contribution in [3.63, 3.8) is 0 Å². The number of halogens is 3. The molecule has 0 N–H and O–H groups in total. The number of likely N-dealkylation sites (N-methyl/N-ethyl adjacent to an activating group) is 1. The van der Waals surface area contributed by atoms with Crippen molar-refractivity contribution in [1.82, 2.24) is 29.2 Å². The lowest BCUT2D eigenvalue weighted by Crippen LogP contribution is -2.33. The van der Waals surface area contributed by atoms with E-state index in [0.29, 0.717) is 0 Å². The number of nitrogens with zero attached hydrogens (tertiary/aromatic N) is 6. The van der Waals surface area contributed by atoms with Gasteiger partial charge in [-0.05, 0) is 36.8 Å². The van der Waals surface area contributed by atoms with E-state index in [1.54, 1.807) is 30.2 Å². The maximum absolute atomic E-state index is 13.5. The van der Waals surface area contributed by atoms with Crippen LogP contribution in [0.3, 0.4) is 0 Å². The summed E-state index contributed by atoms with van der Waals surface area (Å²) in [5.41, 5.74) is 2.11. The summed E-state index contributed by atoms with van der Waals surface area (Å²) in [4.78, 5) is 21.9. The average Bonchev–Trinajstić information content (AvgIpc) is 3.41. The van der Waals surface area contributed by atoms with E-state index >= 15 is 0 Å². The van der Waals surface area contributed by atoms with Crippen LogP contribution >= 0.6 is 0 Å². The largest absolute Gasteiger partial charge is 0.449 e. The number of alkyl halides is 3. The lowest BCUT2D eigenvalue weighted by Gasteiger charge is -2.26. The van der Waals surface area contributed by atoms with Gasteiger partial charge in [0.15, 0.2) is 0 Å².